The Balaban J connectivity index is 2.42. The van der Waals surface area contributed by atoms with E-state index in [2.05, 4.69) is 9.97 Å². The molecule has 3 rings (SSSR count). The normalized spacial score (nSPS) is 12.3. The molecule has 0 N–H and O–H groups in total. The highest BCUT2D eigenvalue weighted by Crippen LogP contribution is 2.31. The predicted octanol–water partition coefficient (Wildman–Crippen LogP) is 0.578. The number of rotatable bonds is 4. The molecular formula is C17H14ClN4O4S-. The highest BCUT2D eigenvalue weighted by Gasteiger charge is 2.20. The van der Waals surface area contributed by atoms with Crippen LogP contribution in [0.25, 0.3) is 22.4 Å². The molecule has 0 saturated heterocycles. The number of halogens is 1. The first kappa shape index (κ1) is 19.1. The fourth-order valence-corrected chi connectivity index (χ4v) is 3.58. The molecule has 140 valence electrons. The van der Waals surface area contributed by atoms with Gasteiger partial charge >= 0.3 is 5.69 Å². The molecule has 10 heteroatoms. The first-order valence-electron chi connectivity index (χ1n) is 7.82. The summed E-state index contributed by atoms with van der Waals surface area (Å²) in [7, 11) is 2.81. The molecule has 1 atom stereocenters. The van der Waals surface area contributed by atoms with E-state index in [1.165, 1.54) is 25.6 Å². The van der Waals surface area contributed by atoms with E-state index in [0.717, 1.165) is 16.3 Å². The molecule has 0 aliphatic heterocycles. The van der Waals surface area contributed by atoms with Gasteiger partial charge in [-0.25, -0.2) is 14.8 Å². The summed E-state index contributed by atoms with van der Waals surface area (Å²) in [5, 5.41) is 10.8. The van der Waals surface area contributed by atoms with Crippen LogP contribution >= 0.6 is 23.4 Å². The Morgan fingerprint density at radius 1 is 1.19 bits per heavy atom. The molecule has 0 aliphatic rings. The second-order valence-corrected chi connectivity index (χ2v) is 7.55. The third kappa shape index (κ3) is 3.35. The number of thioether (sulfide) groups is 1. The minimum Gasteiger partial charge on any atom is -0.549 e. The van der Waals surface area contributed by atoms with E-state index in [0.29, 0.717) is 10.6 Å². The number of hydrogen-bond donors (Lipinski definition) is 0. The lowest BCUT2D eigenvalue weighted by Gasteiger charge is -2.15. The molecule has 0 radical (unpaired) electrons. The van der Waals surface area contributed by atoms with Gasteiger partial charge in [-0.2, -0.15) is 0 Å². The predicted molar refractivity (Wildman–Crippen MR) is 101 cm³/mol. The van der Waals surface area contributed by atoms with Crippen LogP contribution in [0.4, 0.5) is 0 Å². The molecule has 0 saturated carbocycles. The molecule has 0 aliphatic carbocycles. The number of aromatic nitrogens is 4. The van der Waals surface area contributed by atoms with Gasteiger partial charge in [-0.05, 0) is 19.1 Å². The van der Waals surface area contributed by atoms with Crippen LogP contribution in [0.5, 0.6) is 0 Å². The molecule has 0 unspecified atom stereocenters. The van der Waals surface area contributed by atoms with Gasteiger partial charge in [-0.1, -0.05) is 35.5 Å². The van der Waals surface area contributed by atoms with Crippen molar-refractivity contribution in [1.29, 1.82) is 0 Å². The number of benzene rings is 1. The Bertz CT molecular complexity index is 1190. The number of hydrogen-bond acceptors (Lipinski definition) is 7. The van der Waals surface area contributed by atoms with Crippen LogP contribution < -0.4 is 16.4 Å². The largest absolute Gasteiger partial charge is 0.549 e. The quantitative estimate of drug-likeness (QED) is 0.461. The zero-order valence-corrected chi connectivity index (χ0v) is 16.2. The Hall–Kier alpha value is -2.65. The fourth-order valence-electron chi connectivity index (χ4n) is 2.49. The van der Waals surface area contributed by atoms with E-state index in [4.69, 9.17) is 11.6 Å². The molecular weight excluding hydrogens is 392 g/mol. The molecule has 3 aromatic rings. The van der Waals surface area contributed by atoms with Gasteiger partial charge in [0.05, 0.1) is 11.0 Å². The van der Waals surface area contributed by atoms with Crippen molar-refractivity contribution in [3.63, 3.8) is 0 Å². The van der Waals surface area contributed by atoms with Crippen LogP contribution in [0.3, 0.4) is 0 Å². The zero-order chi connectivity index (χ0) is 19.9. The van der Waals surface area contributed by atoms with Gasteiger partial charge in [0, 0.05) is 24.9 Å². The van der Waals surface area contributed by atoms with E-state index >= 15 is 0 Å². The summed E-state index contributed by atoms with van der Waals surface area (Å²) in [5.41, 5.74) is -0.565. The first-order chi connectivity index (χ1) is 12.7. The van der Waals surface area contributed by atoms with Crippen LogP contribution in [0.15, 0.2) is 38.9 Å². The maximum absolute atomic E-state index is 12.7. The van der Waals surface area contributed by atoms with Crippen molar-refractivity contribution in [3.8, 4) is 11.4 Å². The molecule has 1 aromatic carbocycles. The van der Waals surface area contributed by atoms with Gasteiger partial charge in [-0.15, -0.1) is 0 Å². The Morgan fingerprint density at radius 3 is 2.48 bits per heavy atom. The smallest absolute Gasteiger partial charge is 0.332 e. The van der Waals surface area contributed by atoms with Crippen LogP contribution in [0.1, 0.15) is 6.92 Å². The highest BCUT2D eigenvalue weighted by atomic mass is 35.5. The van der Waals surface area contributed by atoms with Crippen LogP contribution in [-0.2, 0) is 18.9 Å². The summed E-state index contributed by atoms with van der Waals surface area (Å²) in [6, 6.07) is 6.84. The summed E-state index contributed by atoms with van der Waals surface area (Å²) in [6.45, 7) is 1.43. The van der Waals surface area contributed by atoms with Gasteiger partial charge < -0.3 is 9.90 Å². The third-order valence-electron chi connectivity index (χ3n) is 4.00. The van der Waals surface area contributed by atoms with Gasteiger partial charge in [0.15, 0.2) is 11.5 Å². The van der Waals surface area contributed by atoms with Crippen molar-refractivity contribution < 1.29 is 9.90 Å². The lowest BCUT2D eigenvalue weighted by atomic mass is 10.2. The van der Waals surface area contributed by atoms with Crippen molar-refractivity contribution in [2.45, 2.75) is 17.2 Å². The molecule has 2 aromatic heterocycles. The Kier molecular flexibility index (Phi) is 5.07. The number of carbonyl (C=O) groups is 1. The van der Waals surface area contributed by atoms with Crippen LogP contribution in [0.2, 0.25) is 5.02 Å². The summed E-state index contributed by atoms with van der Waals surface area (Å²) in [4.78, 5) is 44.9. The molecule has 0 fully saturated rings. The summed E-state index contributed by atoms with van der Waals surface area (Å²) >= 11 is 7.07. The van der Waals surface area contributed by atoms with E-state index in [1.54, 1.807) is 24.3 Å². The van der Waals surface area contributed by atoms with Crippen molar-refractivity contribution >= 4 is 40.4 Å². The van der Waals surface area contributed by atoms with Crippen molar-refractivity contribution in [3.05, 3.63) is 50.1 Å². The molecule has 0 amide bonds. The van der Waals surface area contributed by atoms with Gasteiger partial charge in [0.2, 0.25) is 0 Å². The van der Waals surface area contributed by atoms with Crippen LogP contribution in [0, 0.1) is 0 Å². The zero-order valence-electron chi connectivity index (χ0n) is 14.6. The molecule has 27 heavy (non-hydrogen) atoms. The Labute approximate surface area is 162 Å². The fraction of sp³-hybridized carbons (Fsp3) is 0.235. The summed E-state index contributed by atoms with van der Waals surface area (Å²) in [5.74, 6) is -1.11. The van der Waals surface area contributed by atoms with Gasteiger partial charge in [0.25, 0.3) is 5.56 Å². The monoisotopic (exact) mass is 405 g/mol. The first-order valence-corrected chi connectivity index (χ1v) is 9.08. The van der Waals surface area contributed by atoms with E-state index < -0.39 is 22.5 Å². The molecule has 8 nitrogen and oxygen atoms in total. The number of aryl methyl sites for hydroxylation is 1. The maximum atomic E-state index is 12.7. The molecule has 0 spiro atoms. The number of carboxylic acid groups (broad SMARTS) is 1. The van der Waals surface area contributed by atoms with E-state index in [1.807, 2.05) is 0 Å². The Morgan fingerprint density at radius 2 is 1.85 bits per heavy atom. The number of aliphatic carboxylic acids is 1. The lowest BCUT2D eigenvalue weighted by Crippen LogP contribution is -2.38. The van der Waals surface area contributed by atoms with E-state index in [9.17, 15) is 19.5 Å². The van der Waals surface area contributed by atoms with Gasteiger partial charge in [-0.3, -0.25) is 13.9 Å². The second-order valence-electron chi connectivity index (χ2n) is 5.82. The minimum absolute atomic E-state index is 0.0634. The molecule has 0 bridgehead atoms. The number of nitrogens with zero attached hydrogens (tertiary/aromatic N) is 4. The SMILES string of the molecule is C[C@@H](Sc1nc(-c2ccccc2Cl)nc2c1c(=O)n(C)c(=O)n2C)C(=O)[O-]. The molecule has 2 heterocycles. The standard InChI is InChI=1S/C17H15ClN4O4S/c1-8(16(24)25)27-14-11-13(21(2)17(26)22(3)15(11)23)19-12(20-14)9-6-4-5-7-10(9)18/h4-8H,1-3H3,(H,24,25)/p-1/t8-/m1/s1. The van der Waals surface area contributed by atoms with Crippen molar-refractivity contribution in [2.24, 2.45) is 14.1 Å². The third-order valence-corrected chi connectivity index (χ3v) is 5.40. The highest BCUT2D eigenvalue weighted by molar-refractivity contribution is 8.00. The maximum Gasteiger partial charge on any atom is 0.332 e. The van der Waals surface area contributed by atoms with Crippen molar-refractivity contribution in [1.82, 2.24) is 19.1 Å². The van der Waals surface area contributed by atoms with Gasteiger partial charge in [0.1, 0.15) is 10.4 Å². The lowest BCUT2D eigenvalue weighted by molar-refractivity contribution is -0.304. The summed E-state index contributed by atoms with van der Waals surface area (Å²) in [6.07, 6.45) is 0. The second kappa shape index (κ2) is 7.16. The average Bonchev–Trinajstić information content (AvgIpc) is 2.64. The number of carbonyl (C=O) groups excluding carboxylic acids is 1. The number of carboxylic acids is 1. The van der Waals surface area contributed by atoms with Crippen molar-refractivity contribution in [2.75, 3.05) is 0 Å². The summed E-state index contributed by atoms with van der Waals surface area (Å²) < 4.78 is 2.14. The minimum atomic E-state index is -1.30. The topological polar surface area (TPSA) is 110 Å². The average molecular weight is 406 g/mol. The number of fused-ring (bicyclic) bond motifs is 1. The van der Waals surface area contributed by atoms with E-state index in [-0.39, 0.29) is 21.9 Å². The van der Waals surface area contributed by atoms with Crippen LogP contribution in [-0.4, -0.2) is 30.3 Å².